The average Bonchev–Trinajstić information content (AvgIpc) is 2.67. The normalized spacial score (nSPS) is 10.6. The largest absolute Gasteiger partial charge is 0.352 e. The van der Waals surface area contributed by atoms with Gasteiger partial charge in [-0.1, -0.05) is 12.4 Å². The summed E-state index contributed by atoms with van der Waals surface area (Å²) in [5.74, 6) is -0.438. The predicted molar refractivity (Wildman–Crippen MR) is 71.8 cm³/mol. The van der Waals surface area contributed by atoms with Crippen molar-refractivity contribution in [1.29, 1.82) is 0 Å². The summed E-state index contributed by atoms with van der Waals surface area (Å²) in [5, 5.41) is 5.33. The molecule has 1 heterocycles. The summed E-state index contributed by atoms with van der Waals surface area (Å²) in [6, 6.07) is 1.62. The van der Waals surface area contributed by atoms with Gasteiger partial charge in [0.2, 0.25) is 5.91 Å². The van der Waals surface area contributed by atoms with E-state index in [9.17, 15) is 9.59 Å². The Balaban J connectivity index is 2.75. The Hall–Kier alpha value is -1.98. The van der Waals surface area contributed by atoms with Crippen LogP contribution in [-0.4, -0.2) is 30.8 Å². The zero-order valence-corrected chi connectivity index (χ0v) is 10.6. The predicted octanol–water partition coefficient (Wildman–Crippen LogP) is 0.856. The molecule has 0 aliphatic heterocycles. The number of aromatic nitrogens is 1. The standard InChI is InChI=1S/C12H16BN3O2/c1-3-4-11(17)15-9-7-10(16(2)8-9)12(18)14-6-5-13/h3-4,7-8H,5-6H2,1-2H3,(H,14,18)(H,15,17)/b4-3+. The van der Waals surface area contributed by atoms with Gasteiger partial charge in [0.05, 0.1) is 13.5 Å². The van der Waals surface area contributed by atoms with E-state index in [1.165, 1.54) is 6.08 Å². The number of allylic oxidation sites excluding steroid dienone is 1. The third kappa shape index (κ3) is 3.80. The minimum absolute atomic E-state index is 0.213. The van der Waals surface area contributed by atoms with Gasteiger partial charge in [-0.3, -0.25) is 9.59 Å². The fourth-order valence-electron chi connectivity index (χ4n) is 1.47. The number of hydrogen-bond donors (Lipinski definition) is 2. The van der Waals surface area contributed by atoms with Gasteiger partial charge < -0.3 is 15.2 Å². The molecular formula is C12H16BN3O2. The number of carbonyl (C=O) groups is 2. The van der Waals surface area contributed by atoms with Crippen LogP contribution >= 0.6 is 0 Å². The Morgan fingerprint density at radius 2 is 2.22 bits per heavy atom. The van der Waals surface area contributed by atoms with Crippen molar-refractivity contribution >= 4 is 25.3 Å². The van der Waals surface area contributed by atoms with Crippen LogP contribution in [0.3, 0.4) is 0 Å². The second-order valence-electron chi connectivity index (χ2n) is 3.76. The summed E-state index contributed by atoms with van der Waals surface area (Å²) in [6.45, 7) is 2.18. The van der Waals surface area contributed by atoms with Crippen molar-refractivity contribution in [2.75, 3.05) is 11.9 Å². The summed E-state index contributed by atoms with van der Waals surface area (Å²) in [5.41, 5.74) is 1.05. The number of hydrogen-bond acceptors (Lipinski definition) is 2. The fourth-order valence-corrected chi connectivity index (χ4v) is 1.47. The summed E-state index contributed by atoms with van der Waals surface area (Å²) >= 11 is 0. The SMILES string of the molecule is [B]CCNC(=O)c1cc(NC(=O)/C=C/C)cn1C. The maximum absolute atomic E-state index is 11.7. The topological polar surface area (TPSA) is 63.1 Å². The van der Waals surface area contributed by atoms with E-state index in [2.05, 4.69) is 10.6 Å². The Morgan fingerprint density at radius 1 is 1.50 bits per heavy atom. The van der Waals surface area contributed by atoms with E-state index in [0.29, 0.717) is 24.2 Å². The van der Waals surface area contributed by atoms with Gasteiger partial charge in [-0.05, 0) is 19.1 Å². The molecule has 18 heavy (non-hydrogen) atoms. The maximum atomic E-state index is 11.7. The lowest BCUT2D eigenvalue weighted by Gasteiger charge is -2.03. The highest BCUT2D eigenvalue weighted by Gasteiger charge is 2.11. The number of carbonyl (C=O) groups excluding carboxylic acids is 2. The van der Waals surface area contributed by atoms with Crippen LogP contribution in [-0.2, 0) is 11.8 Å². The van der Waals surface area contributed by atoms with Crippen LogP contribution in [0.2, 0.25) is 6.32 Å². The molecule has 2 amide bonds. The minimum atomic E-state index is -0.225. The van der Waals surface area contributed by atoms with Crippen molar-refractivity contribution in [2.45, 2.75) is 13.2 Å². The average molecular weight is 245 g/mol. The molecule has 0 aromatic carbocycles. The van der Waals surface area contributed by atoms with Crippen LogP contribution < -0.4 is 10.6 Å². The number of amides is 2. The van der Waals surface area contributed by atoms with E-state index in [-0.39, 0.29) is 11.8 Å². The monoisotopic (exact) mass is 245 g/mol. The molecule has 2 N–H and O–H groups in total. The van der Waals surface area contributed by atoms with Gasteiger partial charge >= 0.3 is 0 Å². The highest BCUT2D eigenvalue weighted by molar-refractivity contribution is 6.09. The van der Waals surface area contributed by atoms with Crippen molar-refractivity contribution < 1.29 is 9.59 Å². The van der Waals surface area contributed by atoms with Crippen molar-refractivity contribution in [2.24, 2.45) is 7.05 Å². The van der Waals surface area contributed by atoms with Crippen molar-refractivity contribution in [3.8, 4) is 0 Å². The fraction of sp³-hybridized carbons (Fsp3) is 0.333. The summed E-state index contributed by atoms with van der Waals surface area (Å²) < 4.78 is 1.65. The van der Waals surface area contributed by atoms with Crippen LogP contribution in [0.25, 0.3) is 0 Å². The number of rotatable bonds is 5. The summed E-state index contributed by atoms with van der Waals surface area (Å²) in [4.78, 5) is 23.1. The van der Waals surface area contributed by atoms with Crippen LogP contribution in [0.15, 0.2) is 24.4 Å². The first kappa shape index (κ1) is 14.1. The lowest BCUT2D eigenvalue weighted by atomic mass is 10.1. The Morgan fingerprint density at radius 3 is 2.83 bits per heavy atom. The first-order valence-corrected chi connectivity index (χ1v) is 5.66. The molecule has 0 atom stereocenters. The first-order valence-electron chi connectivity index (χ1n) is 5.66. The number of nitrogens with one attached hydrogen (secondary N) is 2. The van der Waals surface area contributed by atoms with E-state index < -0.39 is 0 Å². The minimum Gasteiger partial charge on any atom is -0.352 e. The van der Waals surface area contributed by atoms with Gasteiger partial charge in [0.15, 0.2) is 0 Å². The molecule has 0 saturated carbocycles. The van der Waals surface area contributed by atoms with Crippen molar-refractivity contribution in [1.82, 2.24) is 9.88 Å². The van der Waals surface area contributed by atoms with Gasteiger partial charge in [-0.2, -0.15) is 0 Å². The molecule has 0 spiro atoms. The molecule has 0 bridgehead atoms. The quantitative estimate of drug-likeness (QED) is 0.596. The smallest absolute Gasteiger partial charge is 0.267 e. The molecule has 0 fully saturated rings. The molecule has 0 aliphatic carbocycles. The van der Waals surface area contributed by atoms with Gasteiger partial charge in [0.25, 0.3) is 5.91 Å². The van der Waals surface area contributed by atoms with Gasteiger partial charge in [0.1, 0.15) is 5.69 Å². The lowest BCUT2D eigenvalue weighted by Crippen LogP contribution is -2.25. The second-order valence-corrected chi connectivity index (χ2v) is 3.76. The Kier molecular flexibility index (Phi) is 5.23. The molecule has 2 radical (unpaired) electrons. The third-order valence-corrected chi connectivity index (χ3v) is 2.25. The molecular weight excluding hydrogens is 229 g/mol. The molecule has 0 saturated heterocycles. The van der Waals surface area contributed by atoms with Crippen LogP contribution in [0.4, 0.5) is 5.69 Å². The van der Waals surface area contributed by atoms with Crippen molar-refractivity contribution in [3.63, 3.8) is 0 Å². The highest BCUT2D eigenvalue weighted by atomic mass is 16.2. The molecule has 1 aromatic heterocycles. The Bertz CT molecular complexity index is 466. The molecule has 0 unspecified atom stereocenters. The second kappa shape index (κ2) is 6.69. The molecule has 5 nitrogen and oxygen atoms in total. The van der Waals surface area contributed by atoms with Crippen molar-refractivity contribution in [3.05, 3.63) is 30.1 Å². The zero-order valence-electron chi connectivity index (χ0n) is 10.6. The molecule has 94 valence electrons. The van der Waals surface area contributed by atoms with Gasteiger partial charge in [0, 0.05) is 19.8 Å². The molecule has 1 rings (SSSR count). The number of aryl methyl sites for hydroxylation is 1. The van der Waals surface area contributed by atoms with Crippen LogP contribution in [0.5, 0.6) is 0 Å². The van der Waals surface area contributed by atoms with Crippen LogP contribution in [0.1, 0.15) is 17.4 Å². The van der Waals surface area contributed by atoms with E-state index in [1.807, 2.05) is 0 Å². The third-order valence-electron chi connectivity index (χ3n) is 2.25. The summed E-state index contributed by atoms with van der Waals surface area (Å²) in [6.07, 6.45) is 5.13. The number of anilines is 1. The first-order chi connectivity index (χ1) is 8.58. The van der Waals surface area contributed by atoms with E-state index in [4.69, 9.17) is 7.85 Å². The Labute approximate surface area is 108 Å². The van der Waals surface area contributed by atoms with Gasteiger partial charge in [-0.15, -0.1) is 0 Å². The van der Waals surface area contributed by atoms with Crippen LogP contribution in [0, 0.1) is 0 Å². The van der Waals surface area contributed by atoms with Gasteiger partial charge in [-0.25, -0.2) is 0 Å². The molecule has 6 heteroatoms. The molecule has 1 aromatic rings. The molecule has 0 aliphatic rings. The lowest BCUT2D eigenvalue weighted by molar-refractivity contribution is -0.111. The highest BCUT2D eigenvalue weighted by Crippen LogP contribution is 2.12. The summed E-state index contributed by atoms with van der Waals surface area (Å²) in [7, 11) is 7.05. The van der Waals surface area contributed by atoms with E-state index >= 15 is 0 Å². The zero-order chi connectivity index (χ0) is 13.5. The van der Waals surface area contributed by atoms with E-state index in [1.54, 1.807) is 36.9 Å². The maximum Gasteiger partial charge on any atom is 0.267 e. The number of nitrogens with zero attached hydrogens (tertiary/aromatic N) is 1. The van der Waals surface area contributed by atoms with E-state index in [0.717, 1.165) is 0 Å².